The molecule has 1 rings (SSSR count). The number of carbonyl (C=O) groups is 1. The molecule has 0 aliphatic heterocycles. The van der Waals surface area contributed by atoms with Crippen LogP contribution >= 0.6 is 0 Å². The van der Waals surface area contributed by atoms with Gasteiger partial charge < -0.3 is 10.8 Å². The van der Waals surface area contributed by atoms with E-state index in [1.807, 2.05) is 0 Å². The molecule has 0 radical (unpaired) electrons. The Bertz CT molecular complexity index is 466. The van der Waals surface area contributed by atoms with Crippen LogP contribution in [-0.2, 0) is 21.7 Å². The molecule has 0 unspecified atom stereocenters. The van der Waals surface area contributed by atoms with Gasteiger partial charge in [-0.15, -0.1) is 0 Å². The first-order valence-electron chi connectivity index (χ1n) is 3.78. The molecule has 1 aromatic heterocycles. The molecule has 0 spiro atoms. The number of sulfone groups is 1. The number of carboxylic acid groups (broad SMARTS) is 1. The average Bonchev–Trinajstić information content (AvgIpc) is 2.50. The largest absolute Gasteiger partial charge is 0.480 e. The molecule has 15 heavy (non-hydrogen) atoms. The summed E-state index contributed by atoms with van der Waals surface area (Å²) in [6.07, 6.45) is 0. The zero-order valence-corrected chi connectivity index (χ0v) is 8.55. The molecular formula is C5H9N5O4S. The van der Waals surface area contributed by atoms with Crippen molar-refractivity contribution in [1.29, 1.82) is 0 Å². The van der Waals surface area contributed by atoms with Crippen molar-refractivity contribution in [2.24, 2.45) is 12.8 Å². The van der Waals surface area contributed by atoms with Crippen LogP contribution in [0.15, 0.2) is 5.16 Å². The molecule has 0 aromatic carbocycles. The van der Waals surface area contributed by atoms with Gasteiger partial charge in [-0.05, 0) is 10.4 Å². The van der Waals surface area contributed by atoms with Gasteiger partial charge in [0.1, 0.15) is 6.04 Å². The Labute approximate surface area is 84.8 Å². The molecule has 10 heteroatoms. The van der Waals surface area contributed by atoms with Crippen LogP contribution in [0.2, 0.25) is 0 Å². The molecule has 1 heterocycles. The van der Waals surface area contributed by atoms with E-state index in [0.717, 1.165) is 4.68 Å². The fraction of sp³-hybridized carbons (Fsp3) is 0.600. The third-order valence-corrected chi connectivity index (χ3v) is 3.28. The van der Waals surface area contributed by atoms with E-state index in [2.05, 4.69) is 15.5 Å². The Hall–Kier alpha value is -1.55. The van der Waals surface area contributed by atoms with Gasteiger partial charge in [-0.1, -0.05) is 5.10 Å². The summed E-state index contributed by atoms with van der Waals surface area (Å²) in [4.78, 5) is 10.4. The van der Waals surface area contributed by atoms with Gasteiger partial charge in [-0.3, -0.25) is 4.79 Å². The fourth-order valence-electron chi connectivity index (χ4n) is 0.867. The van der Waals surface area contributed by atoms with Gasteiger partial charge in [0, 0.05) is 7.05 Å². The molecule has 0 aliphatic rings. The van der Waals surface area contributed by atoms with Crippen LogP contribution in [0, 0.1) is 0 Å². The van der Waals surface area contributed by atoms with E-state index in [1.165, 1.54) is 7.05 Å². The number of carboxylic acids is 1. The monoisotopic (exact) mass is 235 g/mol. The van der Waals surface area contributed by atoms with E-state index in [4.69, 9.17) is 10.8 Å². The number of hydrogen-bond donors (Lipinski definition) is 2. The van der Waals surface area contributed by atoms with E-state index < -0.39 is 32.8 Å². The molecule has 3 N–H and O–H groups in total. The lowest BCUT2D eigenvalue weighted by Gasteiger charge is -2.05. The minimum absolute atomic E-state index is 0.404. The van der Waals surface area contributed by atoms with Gasteiger partial charge >= 0.3 is 5.97 Å². The highest BCUT2D eigenvalue weighted by Gasteiger charge is 2.27. The number of aliphatic carboxylic acids is 1. The summed E-state index contributed by atoms with van der Waals surface area (Å²) < 4.78 is 24.0. The van der Waals surface area contributed by atoms with Crippen molar-refractivity contribution in [2.75, 3.05) is 5.75 Å². The molecule has 0 saturated heterocycles. The summed E-state index contributed by atoms with van der Waals surface area (Å²) in [7, 11) is -2.54. The zero-order chi connectivity index (χ0) is 11.6. The van der Waals surface area contributed by atoms with Crippen molar-refractivity contribution < 1.29 is 18.3 Å². The van der Waals surface area contributed by atoms with Gasteiger partial charge in [-0.25, -0.2) is 13.1 Å². The Morgan fingerprint density at radius 3 is 2.67 bits per heavy atom. The number of rotatable bonds is 4. The van der Waals surface area contributed by atoms with Gasteiger partial charge in [0.05, 0.1) is 5.75 Å². The number of nitrogens with two attached hydrogens (primary N) is 1. The minimum atomic E-state index is -3.87. The van der Waals surface area contributed by atoms with Crippen molar-refractivity contribution in [3.05, 3.63) is 0 Å². The Morgan fingerprint density at radius 2 is 2.27 bits per heavy atom. The third-order valence-electron chi connectivity index (χ3n) is 1.58. The summed E-state index contributed by atoms with van der Waals surface area (Å²) in [6, 6.07) is -1.49. The molecule has 0 bridgehead atoms. The smallest absolute Gasteiger partial charge is 0.321 e. The van der Waals surface area contributed by atoms with Crippen LogP contribution < -0.4 is 5.73 Å². The first-order chi connectivity index (χ1) is 6.84. The normalized spacial score (nSPS) is 13.7. The molecule has 0 amide bonds. The maximum Gasteiger partial charge on any atom is 0.321 e. The van der Waals surface area contributed by atoms with Gasteiger partial charge in [0.25, 0.3) is 5.16 Å². The standard InChI is InChI=1S/C5H9N5O4S/c1-10-5(7-8-9-10)15(13,14)2-3(6)4(11)12/h3H,2,6H2,1H3,(H,11,12)/t3-/m1/s1. The summed E-state index contributed by atoms with van der Waals surface area (Å²) >= 11 is 0. The van der Waals surface area contributed by atoms with Crippen molar-refractivity contribution in [2.45, 2.75) is 11.2 Å². The van der Waals surface area contributed by atoms with Crippen molar-refractivity contribution in [1.82, 2.24) is 20.2 Å². The SMILES string of the molecule is Cn1nnnc1S(=O)(=O)C[C@@H](N)C(=O)O. The second-order valence-corrected chi connectivity index (χ2v) is 4.74. The number of aryl methyl sites for hydroxylation is 1. The minimum Gasteiger partial charge on any atom is -0.480 e. The number of nitrogens with zero attached hydrogens (tertiary/aromatic N) is 4. The molecule has 1 atom stereocenters. The number of hydrogen-bond acceptors (Lipinski definition) is 7. The van der Waals surface area contributed by atoms with Crippen molar-refractivity contribution >= 4 is 15.8 Å². The lowest BCUT2D eigenvalue weighted by Crippen LogP contribution is -2.37. The van der Waals surface area contributed by atoms with Crippen LogP contribution in [0.1, 0.15) is 0 Å². The number of tetrazole rings is 1. The maximum absolute atomic E-state index is 11.5. The van der Waals surface area contributed by atoms with Crippen LogP contribution in [0.5, 0.6) is 0 Å². The quantitative estimate of drug-likeness (QED) is 0.578. The van der Waals surface area contributed by atoms with Crippen LogP contribution in [0.4, 0.5) is 0 Å². The molecule has 0 fully saturated rings. The maximum atomic E-state index is 11.5. The van der Waals surface area contributed by atoms with Gasteiger partial charge in [0.15, 0.2) is 0 Å². The predicted molar refractivity (Wildman–Crippen MR) is 46.5 cm³/mol. The lowest BCUT2D eigenvalue weighted by atomic mass is 10.4. The van der Waals surface area contributed by atoms with E-state index >= 15 is 0 Å². The molecule has 84 valence electrons. The molecular weight excluding hydrogens is 226 g/mol. The Balaban J connectivity index is 2.96. The van der Waals surface area contributed by atoms with Crippen LogP contribution in [0.3, 0.4) is 0 Å². The van der Waals surface area contributed by atoms with Crippen LogP contribution in [-0.4, -0.2) is 51.5 Å². The Morgan fingerprint density at radius 1 is 1.67 bits per heavy atom. The van der Waals surface area contributed by atoms with Gasteiger partial charge in [0.2, 0.25) is 9.84 Å². The first-order valence-corrected chi connectivity index (χ1v) is 5.43. The average molecular weight is 235 g/mol. The summed E-state index contributed by atoms with van der Waals surface area (Å²) in [6.45, 7) is 0. The number of aromatic nitrogens is 4. The molecule has 9 nitrogen and oxygen atoms in total. The lowest BCUT2D eigenvalue weighted by molar-refractivity contribution is -0.137. The van der Waals surface area contributed by atoms with E-state index in [1.54, 1.807) is 0 Å². The molecule has 1 aromatic rings. The zero-order valence-electron chi connectivity index (χ0n) is 7.73. The summed E-state index contributed by atoms with van der Waals surface area (Å²) in [5.41, 5.74) is 5.10. The molecule has 0 aliphatic carbocycles. The van der Waals surface area contributed by atoms with Crippen molar-refractivity contribution in [3.63, 3.8) is 0 Å². The second kappa shape index (κ2) is 3.90. The summed E-state index contributed by atoms with van der Waals surface area (Å²) in [5, 5.41) is 17.8. The Kier molecular flexibility index (Phi) is 3.00. The predicted octanol–water partition coefficient (Wildman–Crippen LogP) is -2.60. The first kappa shape index (κ1) is 11.5. The van der Waals surface area contributed by atoms with Crippen molar-refractivity contribution in [3.8, 4) is 0 Å². The highest BCUT2D eigenvalue weighted by molar-refractivity contribution is 7.91. The molecule has 0 saturated carbocycles. The summed E-state index contributed by atoms with van der Waals surface area (Å²) in [5.74, 6) is -2.13. The fourth-order valence-corrected chi connectivity index (χ4v) is 2.23. The topological polar surface area (TPSA) is 141 Å². The highest BCUT2D eigenvalue weighted by Crippen LogP contribution is 2.05. The third kappa shape index (κ3) is 2.47. The van der Waals surface area contributed by atoms with Gasteiger partial charge in [-0.2, -0.15) is 0 Å². The van der Waals surface area contributed by atoms with E-state index in [0.29, 0.717) is 0 Å². The highest BCUT2D eigenvalue weighted by atomic mass is 32.2. The van der Waals surface area contributed by atoms with Crippen LogP contribution in [0.25, 0.3) is 0 Å². The second-order valence-electron chi connectivity index (χ2n) is 2.81. The van der Waals surface area contributed by atoms with E-state index in [9.17, 15) is 13.2 Å². The van der Waals surface area contributed by atoms with E-state index in [-0.39, 0.29) is 0 Å².